The Hall–Kier alpha value is -4.34. The molecule has 5 rings (SSSR count). The van der Waals surface area contributed by atoms with Gasteiger partial charge in [-0.2, -0.15) is 5.10 Å². The summed E-state index contributed by atoms with van der Waals surface area (Å²) in [7, 11) is 0. The number of amides is 2. The predicted octanol–water partition coefficient (Wildman–Crippen LogP) is 2.01. The highest BCUT2D eigenvalue weighted by molar-refractivity contribution is 5.97. The summed E-state index contributed by atoms with van der Waals surface area (Å²) < 4.78 is 1.64. The molecule has 0 saturated heterocycles. The first-order valence-electron chi connectivity index (χ1n) is 12.6. The van der Waals surface area contributed by atoms with Crippen LogP contribution < -0.4 is 11.1 Å². The number of primary amides is 1. The van der Waals surface area contributed by atoms with Crippen LogP contribution >= 0.6 is 0 Å². The number of carbonyl (C=O) groups excluding carboxylic acids is 2. The van der Waals surface area contributed by atoms with E-state index in [-0.39, 0.29) is 12.0 Å². The molecule has 2 atom stereocenters. The Labute approximate surface area is 220 Å². The molecule has 0 spiro atoms. The summed E-state index contributed by atoms with van der Waals surface area (Å²) in [5, 5.41) is 18.0. The van der Waals surface area contributed by atoms with Gasteiger partial charge in [0.25, 0.3) is 5.91 Å². The van der Waals surface area contributed by atoms with E-state index in [0.717, 1.165) is 42.9 Å². The molecular weight excluding hydrogens is 480 g/mol. The van der Waals surface area contributed by atoms with Gasteiger partial charge in [0, 0.05) is 44.0 Å². The van der Waals surface area contributed by atoms with Crippen LogP contribution in [0.25, 0.3) is 5.82 Å². The van der Waals surface area contributed by atoms with Gasteiger partial charge >= 0.3 is 0 Å². The molecule has 0 aliphatic carbocycles. The van der Waals surface area contributed by atoms with Crippen LogP contribution in [0.5, 0.6) is 0 Å². The highest BCUT2D eigenvalue weighted by Crippen LogP contribution is 2.22. The number of nitrogens with two attached hydrogens (primary N) is 1. The number of nitrogens with zero attached hydrogens (tertiary/aromatic N) is 4. The van der Waals surface area contributed by atoms with Gasteiger partial charge in [0.05, 0.1) is 17.3 Å². The van der Waals surface area contributed by atoms with Gasteiger partial charge in [-0.25, -0.2) is 9.67 Å². The number of fused-ring (bicyclic) bond motifs is 1. The Morgan fingerprint density at radius 3 is 2.42 bits per heavy atom. The van der Waals surface area contributed by atoms with Gasteiger partial charge in [-0.05, 0) is 29.7 Å². The molecule has 0 saturated carbocycles. The first-order chi connectivity index (χ1) is 18.5. The van der Waals surface area contributed by atoms with Crippen molar-refractivity contribution >= 4 is 11.8 Å². The maximum atomic E-state index is 13.4. The molecule has 9 nitrogen and oxygen atoms in total. The molecule has 0 radical (unpaired) electrons. The first-order valence-corrected chi connectivity index (χ1v) is 12.6. The summed E-state index contributed by atoms with van der Waals surface area (Å²) in [6, 6.07) is 22.0. The third-order valence-electron chi connectivity index (χ3n) is 6.72. The fourth-order valence-electron chi connectivity index (χ4n) is 4.77. The molecule has 2 amide bonds. The van der Waals surface area contributed by atoms with Gasteiger partial charge in [0.1, 0.15) is 0 Å². The van der Waals surface area contributed by atoms with Gasteiger partial charge < -0.3 is 16.2 Å². The number of hydrogen-bond donors (Lipinski definition) is 3. The van der Waals surface area contributed by atoms with Crippen molar-refractivity contribution in [3.63, 3.8) is 0 Å². The normalized spacial score (nSPS) is 14.9. The van der Waals surface area contributed by atoms with Crippen molar-refractivity contribution < 1.29 is 14.7 Å². The van der Waals surface area contributed by atoms with Crippen LogP contribution in [-0.2, 0) is 30.7 Å². The maximum absolute atomic E-state index is 13.4. The Morgan fingerprint density at radius 2 is 1.71 bits per heavy atom. The Kier molecular flexibility index (Phi) is 7.57. The SMILES string of the molecule is NC(=O)C(O)C(Cc1ccccc1)NC(=O)c1cccnc1-n1cc2c(n1)CCN(Cc1ccccc1)C2. The van der Waals surface area contributed by atoms with E-state index in [2.05, 4.69) is 27.3 Å². The van der Waals surface area contributed by atoms with Crippen molar-refractivity contribution in [1.82, 2.24) is 25.0 Å². The third-order valence-corrected chi connectivity index (χ3v) is 6.72. The van der Waals surface area contributed by atoms with E-state index in [0.29, 0.717) is 5.82 Å². The van der Waals surface area contributed by atoms with E-state index in [1.54, 1.807) is 23.0 Å². The largest absolute Gasteiger partial charge is 0.381 e. The molecule has 2 aromatic heterocycles. The van der Waals surface area contributed by atoms with Crippen molar-refractivity contribution in [1.29, 1.82) is 0 Å². The number of benzene rings is 2. The summed E-state index contributed by atoms with van der Waals surface area (Å²) in [4.78, 5) is 32.0. The highest BCUT2D eigenvalue weighted by Gasteiger charge is 2.28. The van der Waals surface area contributed by atoms with Gasteiger partial charge in [0.15, 0.2) is 11.9 Å². The molecule has 38 heavy (non-hydrogen) atoms. The molecule has 4 N–H and O–H groups in total. The molecule has 3 heterocycles. The lowest BCUT2D eigenvalue weighted by molar-refractivity contribution is -0.127. The van der Waals surface area contributed by atoms with Crippen molar-refractivity contribution in [3.05, 3.63) is 113 Å². The minimum Gasteiger partial charge on any atom is -0.381 e. The highest BCUT2D eigenvalue weighted by atomic mass is 16.3. The molecular formula is C29H30N6O3. The van der Waals surface area contributed by atoms with E-state index in [1.165, 1.54) is 5.56 Å². The average molecular weight is 511 g/mol. The number of hydrogen-bond acceptors (Lipinski definition) is 6. The second-order valence-corrected chi connectivity index (χ2v) is 9.48. The quantitative estimate of drug-likeness (QED) is 0.316. The lowest BCUT2D eigenvalue weighted by atomic mass is 10.0. The molecule has 9 heteroatoms. The zero-order chi connectivity index (χ0) is 26.5. The number of pyridine rings is 1. The first kappa shape index (κ1) is 25.3. The van der Waals surface area contributed by atoms with E-state index < -0.39 is 24.0 Å². The van der Waals surface area contributed by atoms with Crippen LogP contribution in [0.15, 0.2) is 85.2 Å². The Morgan fingerprint density at radius 1 is 1.00 bits per heavy atom. The molecule has 2 unspecified atom stereocenters. The van der Waals surface area contributed by atoms with Gasteiger partial charge in [-0.3, -0.25) is 14.5 Å². The van der Waals surface area contributed by atoms with Crippen LogP contribution in [0.4, 0.5) is 0 Å². The second kappa shape index (κ2) is 11.4. The van der Waals surface area contributed by atoms with Crippen LogP contribution in [0.1, 0.15) is 32.7 Å². The van der Waals surface area contributed by atoms with Gasteiger partial charge in [-0.15, -0.1) is 0 Å². The number of rotatable bonds is 9. The third kappa shape index (κ3) is 5.80. The van der Waals surface area contributed by atoms with Gasteiger partial charge in [0.2, 0.25) is 5.91 Å². The van der Waals surface area contributed by atoms with E-state index in [9.17, 15) is 14.7 Å². The standard InChI is InChI=1S/C29H30N6O3/c30-27(37)26(36)25(16-20-8-3-1-4-9-20)32-29(38)23-12-7-14-31-28(23)35-19-22-18-34(15-13-24(22)33-35)17-21-10-5-2-6-11-21/h1-12,14,19,25-26,36H,13,15-18H2,(H2,30,37)(H,32,38). The maximum Gasteiger partial charge on any atom is 0.255 e. The summed E-state index contributed by atoms with van der Waals surface area (Å²) in [5.74, 6) is -1.01. The molecule has 4 aromatic rings. The summed E-state index contributed by atoms with van der Waals surface area (Å²) >= 11 is 0. The number of aliphatic hydroxyl groups excluding tert-OH is 1. The molecule has 1 aliphatic rings. The monoisotopic (exact) mass is 510 g/mol. The number of nitrogens with one attached hydrogen (secondary N) is 1. The molecule has 0 fully saturated rings. The molecule has 1 aliphatic heterocycles. The Bertz CT molecular complexity index is 1410. The molecule has 2 aromatic carbocycles. The average Bonchev–Trinajstić information content (AvgIpc) is 3.37. The number of aromatic nitrogens is 3. The fourth-order valence-corrected chi connectivity index (χ4v) is 4.77. The zero-order valence-electron chi connectivity index (χ0n) is 20.9. The van der Waals surface area contributed by atoms with Crippen molar-refractivity contribution in [2.75, 3.05) is 6.54 Å². The summed E-state index contributed by atoms with van der Waals surface area (Å²) in [6.45, 7) is 2.50. The second-order valence-electron chi connectivity index (χ2n) is 9.48. The summed E-state index contributed by atoms with van der Waals surface area (Å²) in [6.07, 6.45) is 3.01. The van der Waals surface area contributed by atoms with Crippen LogP contribution in [0.2, 0.25) is 0 Å². The minimum absolute atomic E-state index is 0.236. The fraction of sp³-hybridized carbons (Fsp3) is 0.241. The molecule has 194 valence electrons. The van der Waals surface area contributed by atoms with E-state index in [1.807, 2.05) is 54.7 Å². The lowest BCUT2D eigenvalue weighted by Gasteiger charge is -2.25. The van der Waals surface area contributed by atoms with Crippen LogP contribution in [0.3, 0.4) is 0 Å². The van der Waals surface area contributed by atoms with Crippen molar-refractivity contribution in [2.24, 2.45) is 5.73 Å². The summed E-state index contributed by atoms with van der Waals surface area (Å²) in [5.41, 5.74) is 9.84. The van der Waals surface area contributed by atoms with E-state index >= 15 is 0 Å². The van der Waals surface area contributed by atoms with Crippen molar-refractivity contribution in [3.8, 4) is 5.82 Å². The van der Waals surface area contributed by atoms with Gasteiger partial charge in [-0.1, -0.05) is 60.7 Å². The number of carbonyl (C=O) groups is 2. The van der Waals surface area contributed by atoms with Crippen LogP contribution in [0, 0.1) is 0 Å². The zero-order valence-corrected chi connectivity index (χ0v) is 20.9. The van der Waals surface area contributed by atoms with E-state index in [4.69, 9.17) is 10.8 Å². The smallest absolute Gasteiger partial charge is 0.255 e. The Balaban J connectivity index is 1.35. The number of aliphatic hydroxyl groups is 1. The van der Waals surface area contributed by atoms with Crippen LogP contribution in [-0.4, -0.2) is 55.3 Å². The minimum atomic E-state index is -1.55. The lowest BCUT2D eigenvalue weighted by Crippen LogP contribution is -2.50. The van der Waals surface area contributed by atoms with Crippen molar-refractivity contribution in [2.45, 2.75) is 38.1 Å². The predicted molar refractivity (Wildman–Crippen MR) is 142 cm³/mol. The topological polar surface area (TPSA) is 126 Å². The molecule has 0 bridgehead atoms.